The Morgan fingerprint density at radius 1 is 1.17 bits per heavy atom. The second-order valence-corrected chi connectivity index (χ2v) is 6.39. The molecule has 3 aromatic rings. The molecule has 8 nitrogen and oxygen atoms in total. The average Bonchev–Trinajstić information content (AvgIpc) is 3.08. The van der Waals surface area contributed by atoms with Crippen LogP contribution in [0.1, 0.15) is 32.7 Å². The monoisotopic (exact) mass is 391 g/mol. The van der Waals surface area contributed by atoms with Gasteiger partial charge in [0.25, 0.3) is 5.69 Å². The van der Waals surface area contributed by atoms with E-state index in [1.165, 1.54) is 25.1 Å². The molecule has 0 bridgehead atoms. The Balaban J connectivity index is 1.82. The number of carbonyl (C=O) groups excluding carboxylic acids is 2. The van der Waals surface area contributed by atoms with Crippen LogP contribution in [0.4, 0.5) is 5.69 Å². The van der Waals surface area contributed by atoms with Gasteiger partial charge in [0.2, 0.25) is 5.78 Å². The molecule has 0 spiro atoms. The molecule has 0 fully saturated rings. The molecular formula is C21H17N3O5. The molecule has 3 rings (SSSR count). The highest BCUT2D eigenvalue weighted by atomic mass is 16.6. The lowest BCUT2D eigenvalue weighted by molar-refractivity contribution is -0.385. The number of aromatic nitrogens is 1. The fourth-order valence-electron chi connectivity index (χ4n) is 3.18. The third-order valence-electron chi connectivity index (χ3n) is 4.53. The number of para-hydroxylation sites is 2. The predicted molar refractivity (Wildman–Crippen MR) is 105 cm³/mol. The normalized spacial score (nSPS) is 10.5. The van der Waals surface area contributed by atoms with E-state index in [0.717, 1.165) is 5.52 Å². The predicted octanol–water partition coefficient (Wildman–Crippen LogP) is 3.81. The Labute approximate surface area is 166 Å². The average molecular weight is 391 g/mol. The number of aryl methyl sites for hydroxylation is 2. The summed E-state index contributed by atoms with van der Waals surface area (Å²) in [5.41, 5.74) is 0.963. The summed E-state index contributed by atoms with van der Waals surface area (Å²) in [6, 6.07) is 13.6. The maximum absolute atomic E-state index is 12.7. The number of ether oxygens (including phenoxy) is 1. The molecule has 0 N–H and O–H groups in total. The Morgan fingerprint density at radius 2 is 1.93 bits per heavy atom. The number of rotatable bonds is 7. The largest absolute Gasteiger partial charge is 0.454 e. The summed E-state index contributed by atoms with van der Waals surface area (Å²) in [6.45, 7) is 1.41. The van der Waals surface area contributed by atoms with Crippen molar-refractivity contribution < 1.29 is 19.2 Å². The standard InChI is InChI=1S/C21H17N3O5/c1-14-6-4-8-16(20(14)24(27)28)21(26)29-13-19(25)17-12-23(11-5-10-22)18-9-3-2-7-15(17)18/h2-4,6-9,12H,5,11,13H2,1H3. The number of hydrogen-bond acceptors (Lipinski definition) is 6. The van der Waals surface area contributed by atoms with Gasteiger partial charge in [-0.3, -0.25) is 14.9 Å². The molecular weight excluding hydrogens is 374 g/mol. The van der Waals surface area contributed by atoms with Crippen molar-refractivity contribution in [3.05, 3.63) is 75.5 Å². The van der Waals surface area contributed by atoms with Crippen molar-refractivity contribution in [1.29, 1.82) is 5.26 Å². The van der Waals surface area contributed by atoms with Crippen LogP contribution in [0.15, 0.2) is 48.7 Å². The second-order valence-electron chi connectivity index (χ2n) is 6.39. The Morgan fingerprint density at radius 3 is 2.66 bits per heavy atom. The van der Waals surface area contributed by atoms with Crippen LogP contribution in [-0.4, -0.2) is 27.8 Å². The summed E-state index contributed by atoms with van der Waals surface area (Å²) in [4.78, 5) is 35.6. The Hall–Kier alpha value is -3.99. The molecule has 146 valence electrons. The van der Waals surface area contributed by atoms with Gasteiger partial charge in [0.15, 0.2) is 6.61 Å². The van der Waals surface area contributed by atoms with Gasteiger partial charge in [-0.05, 0) is 19.1 Å². The molecule has 0 amide bonds. The second kappa shape index (κ2) is 8.35. The van der Waals surface area contributed by atoms with Gasteiger partial charge in [-0.1, -0.05) is 30.3 Å². The number of nitro benzene ring substituents is 1. The molecule has 0 atom stereocenters. The van der Waals surface area contributed by atoms with Crippen molar-refractivity contribution >= 4 is 28.3 Å². The van der Waals surface area contributed by atoms with Crippen LogP contribution in [0.5, 0.6) is 0 Å². The molecule has 2 aromatic carbocycles. The Bertz CT molecular complexity index is 1160. The van der Waals surface area contributed by atoms with E-state index in [4.69, 9.17) is 10.00 Å². The number of fused-ring (bicyclic) bond motifs is 1. The fraction of sp³-hybridized carbons (Fsp3) is 0.190. The zero-order valence-electron chi connectivity index (χ0n) is 15.6. The molecule has 8 heteroatoms. The first-order valence-electron chi connectivity index (χ1n) is 8.83. The number of nitriles is 1. The first-order chi connectivity index (χ1) is 13.9. The maximum Gasteiger partial charge on any atom is 0.345 e. The number of benzene rings is 2. The van der Waals surface area contributed by atoms with Crippen molar-refractivity contribution in [3.63, 3.8) is 0 Å². The topological polar surface area (TPSA) is 115 Å². The van der Waals surface area contributed by atoms with E-state index in [0.29, 0.717) is 23.1 Å². The molecule has 1 heterocycles. The lowest BCUT2D eigenvalue weighted by Gasteiger charge is -2.06. The summed E-state index contributed by atoms with van der Waals surface area (Å²) >= 11 is 0. The van der Waals surface area contributed by atoms with E-state index < -0.39 is 23.3 Å². The third-order valence-corrected chi connectivity index (χ3v) is 4.53. The molecule has 0 saturated carbocycles. The molecule has 0 unspecified atom stereocenters. The number of carbonyl (C=O) groups is 2. The summed E-state index contributed by atoms with van der Waals surface area (Å²) in [5.74, 6) is -1.36. The van der Waals surface area contributed by atoms with Crippen LogP contribution in [0.2, 0.25) is 0 Å². The first kappa shape index (κ1) is 19.8. The lowest BCUT2D eigenvalue weighted by Crippen LogP contribution is -2.15. The van der Waals surface area contributed by atoms with Crippen LogP contribution in [0.25, 0.3) is 10.9 Å². The van der Waals surface area contributed by atoms with Crippen LogP contribution >= 0.6 is 0 Å². The van der Waals surface area contributed by atoms with Gasteiger partial charge in [-0.25, -0.2) is 4.79 Å². The van der Waals surface area contributed by atoms with Gasteiger partial charge in [0.05, 0.1) is 17.4 Å². The molecule has 0 aliphatic heterocycles. The number of nitrogens with zero attached hydrogens (tertiary/aromatic N) is 3. The van der Waals surface area contributed by atoms with E-state index in [1.807, 2.05) is 12.1 Å². The molecule has 0 aliphatic carbocycles. The molecule has 0 aliphatic rings. The molecule has 0 radical (unpaired) electrons. The quantitative estimate of drug-likeness (QED) is 0.262. The van der Waals surface area contributed by atoms with Crippen molar-refractivity contribution in [2.75, 3.05) is 6.61 Å². The maximum atomic E-state index is 12.7. The van der Waals surface area contributed by atoms with Crippen LogP contribution in [0.3, 0.4) is 0 Å². The first-order valence-corrected chi connectivity index (χ1v) is 8.83. The number of esters is 1. The van der Waals surface area contributed by atoms with Gasteiger partial charge >= 0.3 is 5.97 Å². The summed E-state index contributed by atoms with van der Waals surface area (Å²) in [7, 11) is 0. The van der Waals surface area contributed by atoms with E-state index in [-0.39, 0.29) is 17.7 Å². The highest BCUT2D eigenvalue weighted by Gasteiger charge is 2.25. The van der Waals surface area contributed by atoms with E-state index >= 15 is 0 Å². The minimum Gasteiger partial charge on any atom is -0.454 e. The Kier molecular flexibility index (Phi) is 5.69. The van der Waals surface area contributed by atoms with Gasteiger partial charge in [-0.2, -0.15) is 5.26 Å². The zero-order chi connectivity index (χ0) is 21.0. The molecule has 1 aromatic heterocycles. The van der Waals surface area contributed by atoms with Crippen molar-refractivity contribution in [3.8, 4) is 6.07 Å². The molecule has 0 saturated heterocycles. The van der Waals surface area contributed by atoms with Gasteiger partial charge in [0, 0.05) is 34.8 Å². The SMILES string of the molecule is Cc1cccc(C(=O)OCC(=O)c2cn(CCC#N)c3ccccc23)c1[N+](=O)[O-]. The fourth-order valence-corrected chi connectivity index (χ4v) is 3.18. The van der Waals surface area contributed by atoms with Gasteiger partial charge in [-0.15, -0.1) is 0 Å². The van der Waals surface area contributed by atoms with E-state index in [1.54, 1.807) is 22.9 Å². The minimum absolute atomic E-state index is 0.195. The number of hydrogen-bond donors (Lipinski definition) is 0. The van der Waals surface area contributed by atoms with Crippen molar-refractivity contribution in [2.24, 2.45) is 0 Å². The highest BCUT2D eigenvalue weighted by Crippen LogP contribution is 2.25. The minimum atomic E-state index is -0.929. The smallest absolute Gasteiger partial charge is 0.345 e. The van der Waals surface area contributed by atoms with E-state index in [9.17, 15) is 19.7 Å². The van der Waals surface area contributed by atoms with Gasteiger partial charge < -0.3 is 9.30 Å². The highest BCUT2D eigenvalue weighted by molar-refractivity contribution is 6.09. The molecule has 29 heavy (non-hydrogen) atoms. The third kappa shape index (κ3) is 3.99. The zero-order valence-corrected chi connectivity index (χ0v) is 15.6. The lowest BCUT2D eigenvalue weighted by atomic mass is 10.1. The summed E-state index contributed by atoms with van der Waals surface area (Å²) in [5, 5.41) is 20.7. The summed E-state index contributed by atoms with van der Waals surface area (Å²) in [6.07, 6.45) is 1.92. The van der Waals surface area contributed by atoms with Crippen LogP contribution in [-0.2, 0) is 11.3 Å². The van der Waals surface area contributed by atoms with Crippen molar-refractivity contribution in [1.82, 2.24) is 4.57 Å². The number of nitro groups is 1. The van der Waals surface area contributed by atoms with Crippen LogP contribution in [0, 0.1) is 28.4 Å². The van der Waals surface area contributed by atoms with Gasteiger partial charge in [0.1, 0.15) is 5.56 Å². The number of Topliss-reactive ketones (excluding diaryl/α,β-unsaturated/α-hetero) is 1. The summed E-state index contributed by atoms with van der Waals surface area (Å²) < 4.78 is 6.88. The number of ketones is 1. The van der Waals surface area contributed by atoms with Crippen LogP contribution < -0.4 is 0 Å². The van der Waals surface area contributed by atoms with E-state index in [2.05, 4.69) is 6.07 Å². The van der Waals surface area contributed by atoms with Crippen molar-refractivity contribution in [2.45, 2.75) is 19.9 Å².